The number of hydrogen-bond donors (Lipinski definition) is 2. The van der Waals surface area contributed by atoms with Crippen molar-refractivity contribution in [2.24, 2.45) is 5.73 Å². The number of hydrogen-bond acceptors (Lipinski definition) is 5. The highest BCUT2D eigenvalue weighted by Gasteiger charge is 2.04. The van der Waals surface area contributed by atoms with Gasteiger partial charge in [0.05, 0.1) is 0 Å². The predicted octanol–water partition coefficient (Wildman–Crippen LogP) is 0.210. The predicted molar refractivity (Wildman–Crippen MR) is 70.1 cm³/mol. The normalized spacial score (nSPS) is 12.1. The molecule has 0 spiro atoms. The van der Waals surface area contributed by atoms with Gasteiger partial charge in [0.2, 0.25) is 5.95 Å². The molecule has 1 heterocycles. The minimum absolute atomic E-state index is 0.243. The maximum atomic E-state index is 10.9. The molecule has 0 aromatic carbocycles. The van der Waals surface area contributed by atoms with E-state index in [1.165, 1.54) is 0 Å². The SMILES string of the molecule is Cc1cc(C(N)=S)nc(NCCS(C)=O)n1. The highest BCUT2D eigenvalue weighted by molar-refractivity contribution is 7.84. The monoisotopic (exact) mass is 258 g/mol. The molecule has 16 heavy (non-hydrogen) atoms. The van der Waals surface area contributed by atoms with Gasteiger partial charge in [0, 0.05) is 35.0 Å². The third-order valence-corrected chi connectivity index (χ3v) is 2.77. The van der Waals surface area contributed by atoms with Crippen molar-refractivity contribution >= 4 is 34.0 Å². The van der Waals surface area contributed by atoms with Crippen LogP contribution in [0.25, 0.3) is 0 Å². The summed E-state index contributed by atoms with van der Waals surface area (Å²) in [6, 6.07) is 1.73. The van der Waals surface area contributed by atoms with Gasteiger partial charge in [-0.05, 0) is 13.0 Å². The summed E-state index contributed by atoms with van der Waals surface area (Å²) in [5, 5.41) is 2.98. The summed E-state index contributed by atoms with van der Waals surface area (Å²) in [5.41, 5.74) is 6.83. The molecule has 7 heteroatoms. The van der Waals surface area contributed by atoms with Crippen molar-refractivity contribution in [2.45, 2.75) is 6.92 Å². The molecule has 0 bridgehead atoms. The Balaban J connectivity index is 2.72. The number of anilines is 1. The number of nitrogens with zero attached hydrogens (tertiary/aromatic N) is 2. The molecule has 0 radical (unpaired) electrons. The van der Waals surface area contributed by atoms with Crippen LogP contribution in [0.4, 0.5) is 5.95 Å². The minimum atomic E-state index is -0.827. The maximum Gasteiger partial charge on any atom is 0.223 e. The van der Waals surface area contributed by atoms with Crippen LogP contribution in [0.5, 0.6) is 0 Å². The molecule has 1 aromatic rings. The van der Waals surface area contributed by atoms with E-state index in [2.05, 4.69) is 15.3 Å². The Morgan fingerprint density at radius 3 is 2.88 bits per heavy atom. The second-order valence-electron chi connectivity index (χ2n) is 3.29. The quantitative estimate of drug-likeness (QED) is 0.735. The average Bonchev–Trinajstić information content (AvgIpc) is 2.16. The molecule has 0 aliphatic heterocycles. The maximum absolute atomic E-state index is 10.9. The number of aryl methyl sites for hydroxylation is 1. The standard InChI is InChI=1S/C9H14N4OS2/c1-6-5-7(8(10)15)13-9(12-6)11-3-4-16(2)14/h5H,3-4H2,1-2H3,(H2,10,15)(H,11,12,13). The summed E-state index contributed by atoms with van der Waals surface area (Å²) in [6.45, 7) is 2.40. The molecule has 5 nitrogen and oxygen atoms in total. The zero-order chi connectivity index (χ0) is 12.1. The molecule has 1 unspecified atom stereocenters. The summed E-state index contributed by atoms with van der Waals surface area (Å²) in [6.07, 6.45) is 1.65. The Morgan fingerprint density at radius 1 is 1.62 bits per heavy atom. The Hall–Kier alpha value is -1.08. The summed E-state index contributed by atoms with van der Waals surface area (Å²) in [4.78, 5) is 8.56. The summed E-state index contributed by atoms with van der Waals surface area (Å²) >= 11 is 4.85. The van der Waals surface area contributed by atoms with Crippen LogP contribution >= 0.6 is 12.2 Å². The van der Waals surface area contributed by atoms with E-state index in [0.29, 0.717) is 23.9 Å². The number of nitrogens with two attached hydrogens (primary N) is 1. The fourth-order valence-corrected chi connectivity index (χ4v) is 1.57. The summed E-state index contributed by atoms with van der Waals surface area (Å²) in [5.74, 6) is 1.02. The Labute approximate surface area is 102 Å². The highest BCUT2D eigenvalue weighted by atomic mass is 32.2. The van der Waals surface area contributed by atoms with Gasteiger partial charge in [0.15, 0.2) is 0 Å². The average molecular weight is 258 g/mol. The fraction of sp³-hybridized carbons (Fsp3) is 0.444. The van der Waals surface area contributed by atoms with Crippen LogP contribution in [0.1, 0.15) is 11.4 Å². The van der Waals surface area contributed by atoms with Crippen molar-refractivity contribution in [1.82, 2.24) is 9.97 Å². The van der Waals surface area contributed by atoms with Crippen molar-refractivity contribution in [3.05, 3.63) is 17.5 Å². The molecule has 0 aliphatic carbocycles. The zero-order valence-corrected chi connectivity index (χ0v) is 10.8. The lowest BCUT2D eigenvalue weighted by atomic mass is 10.3. The summed E-state index contributed by atoms with van der Waals surface area (Å²) < 4.78 is 10.9. The molecule has 1 rings (SSSR count). The van der Waals surface area contributed by atoms with E-state index in [-0.39, 0.29) is 4.99 Å². The molecule has 0 aliphatic rings. The van der Waals surface area contributed by atoms with Gasteiger partial charge >= 0.3 is 0 Å². The van der Waals surface area contributed by atoms with E-state index in [0.717, 1.165) is 5.69 Å². The second kappa shape index (κ2) is 5.86. The molecule has 3 N–H and O–H groups in total. The van der Waals surface area contributed by atoms with Gasteiger partial charge in [0.25, 0.3) is 0 Å². The van der Waals surface area contributed by atoms with E-state index >= 15 is 0 Å². The first-order valence-corrected chi connectivity index (χ1v) is 6.82. The molecule has 0 saturated heterocycles. The lowest BCUT2D eigenvalue weighted by Crippen LogP contribution is -2.16. The third-order valence-electron chi connectivity index (χ3n) is 1.78. The van der Waals surface area contributed by atoms with Crippen LogP contribution in [0.3, 0.4) is 0 Å². The van der Waals surface area contributed by atoms with Crippen molar-refractivity contribution in [3.63, 3.8) is 0 Å². The molecule has 0 fully saturated rings. The fourth-order valence-electron chi connectivity index (χ4n) is 1.08. The second-order valence-corrected chi connectivity index (χ2v) is 5.28. The van der Waals surface area contributed by atoms with Gasteiger partial charge in [-0.25, -0.2) is 9.97 Å². The molecule has 1 aromatic heterocycles. The van der Waals surface area contributed by atoms with Crippen LogP contribution in [0, 0.1) is 6.92 Å². The Bertz CT molecular complexity index is 422. The number of aromatic nitrogens is 2. The van der Waals surface area contributed by atoms with Crippen LogP contribution < -0.4 is 11.1 Å². The minimum Gasteiger partial charge on any atom is -0.388 e. The molecule has 0 amide bonds. The van der Waals surface area contributed by atoms with Gasteiger partial charge < -0.3 is 11.1 Å². The smallest absolute Gasteiger partial charge is 0.223 e. The molecule has 1 atom stereocenters. The molecular weight excluding hydrogens is 244 g/mol. The van der Waals surface area contributed by atoms with Gasteiger partial charge in [0.1, 0.15) is 10.7 Å². The lowest BCUT2D eigenvalue weighted by Gasteiger charge is -2.06. The van der Waals surface area contributed by atoms with Gasteiger partial charge in [-0.2, -0.15) is 0 Å². The first-order valence-electron chi connectivity index (χ1n) is 4.68. The van der Waals surface area contributed by atoms with E-state index in [4.69, 9.17) is 18.0 Å². The van der Waals surface area contributed by atoms with Crippen LogP contribution in [-0.4, -0.2) is 37.7 Å². The zero-order valence-electron chi connectivity index (χ0n) is 9.19. The Kier molecular flexibility index (Phi) is 4.75. The van der Waals surface area contributed by atoms with Crippen LogP contribution in [-0.2, 0) is 10.8 Å². The van der Waals surface area contributed by atoms with Crippen LogP contribution in [0.2, 0.25) is 0 Å². The van der Waals surface area contributed by atoms with E-state index < -0.39 is 10.8 Å². The largest absolute Gasteiger partial charge is 0.388 e. The highest BCUT2D eigenvalue weighted by Crippen LogP contribution is 2.04. The van der Waals surface area contributed by atoms with Crippen molar-refractivity contribution < 1.29 is 4.21 Å². The molecule has 0 saturated carbocycles. The molecular formula is C9H14N4OS2. The van der Waals surface area contributed by atoms with Crippen LogP contribution in [0.15, 0.2) is 6.07 Å². The number of rotatable bonds is 5. The Morgan fingerprint density at radius 2 is 2.31 bits per heavy atom. The first-order chi connectivity index (χ1) is 7.49. The number of nitrogens with one attached hydrogen (secondary N) is 1. The summed E-state index contributed by atoms with van der Waals surface area (Å²) in [7, 11) is -0.827. The van der Waals surface area contributed by atoms with Gasteiger partial charge in [-0.1, -0.05) is 12.2 Å². The lowest BCUT2D eigenvalue weighted by molar-refractivity contribution is 0.687. The van der Waals surface area contributed by atoms with E-state index in [9.17, 15) is 4.21 Å². The number of thiocarbonyl (C=S) groups is 1. The van der Waals surface area contributed by atoms with Gasteiger partial charge in [-0.15, -0.1) is 0 Å². The first kappa shape index (κ1) is 13.0. The van der Waals surface area contributed by atoms with E-state index in [1.807, 2.05) is 6.92 Å². The van der Waals surface area contributed by atoms with Crippen molar-refractivity contribution in [1.29, 1.82) is 0 Å². The van der Waals surface area contributed by atoms with E-state index in [1.54, 1.807) is 12.3 Å². The van der Waals surface area contributed by atoms with Crippen molar-refractivity contribution in [3.8, 4) is 0 Å². The molecule has 88 valence electrons. The van der Waals surface area contributed by atoms with Crippen molar-refractivity contribution in [2.75, 3.05) is 23.9 Å². The topological polar surface area (TPSA) is 80.9 Å². The van der Waals surface area contributed by atoms with Gasteiger partial charge in [-0.3, -0.25) is 4.21 Å². The third kappa shape index (κ3) is 4.19.